The molecule has 1 aromatic heterocycles. The van der Waals surface area contributed by atoms with Crippen molar-refractivity contribution in [2.24, 2.45) is 0 Å². The highest BCUT2D eigenvalue weighted by molar-refractivity contribution is 7.07. The van der Waals surface area contributed by atoms with Gasteiger partial charge in [0.25, 0.3) is 5.69 Å². The quantitative estimate of drug-likeness (QED) is 0.631. The third kappa shape index (κ3) is 3.45. The molecule has 2 N–H and O–H groups in total. The fourth-order valence-electron chi connectivity index (χ4n) is 2.04. The van der Waals surface area contributed by atoms with Gasteiger partial charge < -0.3 is 10.4 Å². The second kappa shape index (κ2) is 6.47. The van der Waals surface area contributed by atoms with Crippen LogP contribution in [0.4, 0.5) is 5.69 Å². The van der Waals surface area contributed by atoms with Gasteiger partial charge in [-0.05, 0) is 34.9 Å². The molecule has 110 valence electrons. The van der Waals surface area contributed by atoms with Crippen molar-refractivity contribution in [3.05, 3.63) is 61.8 Å². The van der Waals surface area contributed by atoms with Crippen LogP contribution >= 0.6 is 11.3 Å². The van der Waals surface area contributed by atoms with Crippen LogP contribution in [0, 0.1) is 10.1 Å². The van der Waals surface area contributed by atoms with Crippen LogP contribution in [0.15, 0.2) is 35.0 Å². The van der Waals surface area contributed by atoms with Crippen LogP contribution in [0.5, 0.6) is 0 Å². The van der Waals surface area contributed by atoms with E-state index in [0.717, 1.165) is 5.56 Å². The Balaban J connectivity index is 2.22. The predicted octanol–water partition coefficient (Wildman–Crippen LogP) is 3.21. The van der Waals surface area contributed by atoms with Crippen LogP contribution in [0.25, 0.3) is 0 Å². The van der Waals surface area contributed by atoms with E-state index in [0.29, 0.717) is 5.56 Å². The number of nitro groups is 1. The Labute approximate surface area is 125 Å². The first-order chi connectivity index (χ1) is 10.0. The second-order valence-electron chi connectivity index (χ2n) is 4.53. The van der Waals surface area contributed by atoms with E-state index in [1.54, 1.807) is 17.4 Å². The van der Waals surface area contributed by atoms with Crippen LogP contribution in [0.3, 0.4) is 0 Å². The van der Waals surface area contributed by atoms with Gasteiger partial charge >= 0.3 is 5.97 Å². The number of rotatable bonds is 6. The molecule has 2 aromatic rings. The first-order valence-corrected chi connectivity index (χ1v) is 7.20. The molecule has 1 aromatic carbocycles. The average Bonchev–Trinajstić information content (AvgIpc) is 2.98. The lowest BCUT2D eigenvalue weighted by atomic mass is 10.0. The average molecular weight is 306 g/mol. The van der Waals surface area contributed by atoms with Crippen molar-refractivity contribution in [1.82, 2.24) is 5.32 Å². The molecule has 0 spiro atoms. The van der Waals surface area contributed by atoms with Gasteiger partial charge in [-0.1, -0.05) is 12.1 Å². The van der Waals surface area contributed by atoms with Gasteiger partial charge in [0, 0.05) is 18.7 Å². The molecule has 1 unspecified atom stereocenters. The smallest absolute Gasteiger partial charge is 0.343 e. The lowest BCUT2D eigenvalue weighted by Crippen LogP contribution is -2.20. The summed E-state index contributed by atoms with van der Waals surface area (Å²) in [4.78, 5) is 21.5. The molecule has 0 saturated carbocycles. The zero-order valence-electron chi connectivity index (χ0n) is 11.3. The monoisotopic (exact) mass is 306 g/mol. The van der Waals surface area contributed by atoms with Crippen LogP contribution in [0.2, 0.25) is 0 Å². The number of nitro benzene ring substituents is 1. The van der Waals surface area contributed by atoms with Gasteiger partial charge in [-0.25, -0.2) is 4.79 Å². The topological polar surface area (TPSA) is 92.5 Å². The number of nitrogens with zero attached hydrogens (tertiary/aromatic N) is 1. The summed E-state index contributed by atoms with van der Waals surface area (Å²) in [5, 5.41) is 27.3. The molecule has 0 aliphatic carbocycles. The van der Waals surface area contributed by atoms with Crippen molar-refractivity contribution in [2.45, 2.75) is 19.5 Å². The summed E-state index contributed by atoms with van der Waals surface area (Å²) in [5.74, 6) is -1.29. The molecule has 7 heteroatoms. The second-order valence-corrected chi connectivity index (χ2v) is 5.31. The number of nitrogens with one attached hydrogen (secondary N) is 1. The molecule has 2 rings (SSSR count). The highest BCUT2D eigenvalue weighted by Crippen LogP contribution is 2.23. The molecule has 1 atom stereocenters. The van der Waals surface area contributed by atoms with Crippen LogP contribution in [-0.4, -0.2) is 16.0 Å². The largest absolute Gasteiger partial charge is 0.477 e. The van der Waals surface area contributed by atoms with Crippen molar-refractivity contribution in [3.63, 3.8) is 0 Å². The highest BCUT2D eigenvalue weighted by atomic mass is 32.1. The predicted molar refractivity (Wildman–Crippen MR) is 79.6 cm³/mol. The Morgan fingerprint density at radius 2 is 2.24 bits per heavy atom. The number of hydrogen-bond acceptors (Lipinski definition) is 5. The number of aromatic carboxylic acids is 1. The lowest BCUT2D eigenvalue weighted by molar-refractivity contribution is -0.385. The first-order valence-electron chi connectivity index (χ1n) is 6.25. The number of thiophene rings is 1. The third-order valence-electron chi connectivity index (χ3n) is 3.18. The Kier molecular flexibility index (Phi) is 4.66. The van der Waals surface area contributed by atoms with Gasteiger partial charge in [0.1, 0.15) is 5.56 Å². The van der Waals surface area contributed by atoms with E-state index in [2.05, 4.69) is 5.32 Å². The summed E-state index contributed by atoms with van der Waals surface area (Å²) in [7, 11) is 0. The van der Waals surface area contributed by atoms with E-state index in [1.807, 2.05) is 23.8 Å². The summed E-state index contributed by atoms with van der Waals surface area (Å²) >= 11 is 1.58. The van der Waals surface area contributed by atoms with Gasteiger partial charge in [-0.3, -0.25) is 10.1 Å². The van der Waals surface area contributed by atoms with Gasteiger partial charge in [0.15, 0.2) is 0 Å². The van der Waals surface area contributed by atoms with E-state index >= 15 is 0 Å². The molecule has 0 aliphatic rings. The summed E-state index contributed by atoms with van der Waals surface area (Å²) in [6, 6.07) is 6.31. The van der Waals surface area contributed by atoms with Crippen LogP contribution < -0.4 is 5.32 Å². The molecule has 0 saturated heterocycles. The van der Waals surface area contributed by atoms with Crippen molar-refractivity contribution in [1.29, 1.82) is 0 Å². The van der Waals surface area contributed by atoms with Gasteiger partial charge in [-0.2, -0.15) is 11.3 Å². The molecular weight excluding hydrogens is 292 g/mol. The normalized spacial score (nSPS) is 12.0. The minimum absolute atomic E-state index is 0.0390. The molecule has 0 fully saturated rings. The van der Waals surface area contributed by atoms with Crippen LogP contribution in [-0.2, 0) is 6.54 Å². The summed E-state index contributed by atoms with van der Waals surface area (Å²) in [6.07, 6.45) is 0. The molecule has 0 amide bonds. The maximum Gasteiger partial charge on any atom is 0.343 e. The SMILES string of the molecule is CC(NCc1cccc([N+](=O)[O-])c1C(=O)O)c1ccsc1. The summed E-state index contributed by atoms with van der Waals surface area (Å²) in [6.45, 7) is 2.21. The van der Waals surface area contributed by atoms with E-state index in [-0.39, 0.29) is 23.8 Å². The zero-order chi connectivity index (χ0) is 15.4. The number of carboxylic acid groups (broad SMARTS) is 1. The molecule has 0 aliphatic heterocycles. The number of carboxylic acids is 1. The zero-order valence-corrected chi connectivity index (χ0v) is 12.1. The molecular formula is C14H14N2O4S. The fourth-order valence-corrected chi connectivity index (χ4v) is 2.79. The summed E-state index contributed by atoms with van der Waals surface area (Å²) < 4.78 is 0. The fraction of sp³-hybridized carbons (Fsp3) is 0.214. The molecule has 0 radical (unpaired) electrons. The highest BCUT2D eigenvalue weighted by Gasteiger charge is 2.23. The van der Waals surface area contributed by atoms with Crippen molar-refractivity contribution in [3.8, 4) is 0 Å². The van der Waals surface area contributed by atoms with Gasteiger partial charge in [0.05, 0.1) is 4.92 Å². The standard InChI is InChI=1S/C14H14N2O4S/c1-9(11-5-6-21-8-11)15-7-10-3-2-4-12(16(19)20)13(10)14(17)18/h2-6,8-9,15H,7H2,1H3,(H,17,18). The Hall–Kier alpha value is -2.25. The Morgan fingerprint density at radius 1 is 1.48 bits per heavy atom. The van der Waals surface area contributed by atoms with Crippen LogP contribution in [0.1, 0.15) is 34.5 Å². The van der Waals surface area contributed by atoms with Crippen molar-refractivity contribution >= 4 is 23.0 Å². The van der Waals surface area contributed by atoms with E-state index in [9.17, 15) is 20.0 Å². The number of carbonyl (C=O) groups is 1. The van der Waals surface area contributed by atoms with Crippen molar-refractivity contribution in [2.75, 3.05) is 0 Å². The molecule has 1 heterocycles. The molecule has 6 nitrogen and oxygen atoms in total. The first kappa shape index (κ1) is 15.1. The minimum Gasteiger partial charge on any atom is -0.477 e. The van der Waals surface area contributed by atoms with E-state index in [4.69, 9.17) is 0 Å². The third-order valence-corrected chi connectivity index (χ3v) is 3.88. The summed E-state index contributed by atoms with van der Waals surface area (Å²) in [5.41, 5.74) is 0.860. The Bertz CT molecular complexity index is 655. The maximum atomic E-state index is 11.3. The lowest BCUT2D eigenvalue weighted by Gasteiger charge is -2.13. The van der Waals surface area contributed by atoms with E-state index in [1.165, 1.54) is 12.1 Å². The molecule has 0 bridgehead atoms. The number of benzene rings is 1. The maximum absolute atomic E-state index is 11.3. The van der Waals surface area contributed by atoms with Gasteiger partial charge in [-0.15, -0.1) is 0 Å². The van der Waals surface area contributed by atoms with Gasteiger partial charge in [0.2, 0.25) is 0 Å². The minimum atomic E-state index is -1.29. The molecule has 21 heavy (non-hydrogen) atoms. The van der Waals surface area contributed by atoms with E-state index < -0.39 is 10.9 Å². The van der Waals surface area contributed by atoms with Crippen molar-refractivity contribution < 1.29 is 14.8 Å². The Morgan fingerprint density at radius 3 is 2.81 bits per heavy atom. The number of hydrogen-bond donors (Lipinski definition) is 2.